The maximum Gasteiger partial charge on any atom is 0.331 e. The normalized spacial score (nSPS) is 13.0. The molecule has 8 nitrogen and oxygen atoms in total. The third-order valence-electron chi connectivity index (χ3n) is 3.05. The zero-order valence-electron chi connectivity index (χ0n) is 13.8. The van der Waals surface area contributed by atoms with Gasteiger partial charge in [0.2, 0.25) is 10.0 Å². The van der Waals surface area contributed by atoms with Crippen LogP contribution in [-0.2, 0) is 24.3 Å². The molecule has 0 fully saturated rings. The van der Waals surface area contributed by atoms with Gasteiger partial charge >= 0.3 is 5.97 Å². The van der Waals surface area contributed by atoms with Gasteiger partial charge in [0.1, 0.15) is 10.6 Å². The van der Waals surface area contributed by atoms with Gasteiger partial charge in [-0.05, 0) is 30.7 Å². The summed E-state index contributed by atoms with van der Waals surface area (Å²) in [6, 6.07) is 4.43. The van der Waals surface area contributed by atoms with Crippen LogP contribution in [0.3, 0.4) is 0 Å². The fourth-order valence-electron chi connectivity index (χ4n) is 1.63. The molecule has 9 heteroatoms. The first kappa shape index (κ1) is 19.7. The van der Waals surface area contributed by atoms with E-state index in [0.717, 1.165) is 10.4 Å². The number of benzene rings is 1. The van der Waals surface area contributed by atoms with E-state index in [9.17, 15) is 18.0 Å². The van der Waals surface area contributed by atoms with E-state index in [4.69, 9.17) is 15.2 Å². The number of hydrogen-bond donors (Lipinski definition) is 1. The van der Waals surface area contributed by atoms with Gasteiger partial charge in [0.05, 0.1) is 7.11 Å². The van der Waals surface area contributed by atoms with Crippen molar-refractivity contribution in [1.29, 1.82) is 0 Å². The Balaban J connectivity index is 3.09. The van der Waals surface area contributed by atoms with E-state index in [1.54, 1.807) is 6.07 Å². The highest BCUT2D eigenvalue weighted by Gasteiger charge is 2.22. The molecule has 1 atom stereocenters. The van der Waals surface area contributed by atoms with E-state index < -0.39 is 28.0 Å². The molecule has 1 aromatic rings. The van der Waals surface area contributed by atoms with Crippen molar-refractivity contribution in [3.8, 4) is 5.75 Å². The summed E-state index contributed by atoms with van der Waals surface area (Å²) in [5.74, 6) is -1.35. The summed E-state index contributed by atoms with van der Waals surface area (Å²) < 4.78 is 35.5. The van der Waals surface area contributed by atoms with Crippen LogP contribution in [0.15, 0.2) is 29.2 Å². The lowest BCUT2D eigenvalue weighted by atomic mass is 10.2. The standard InChI is InChI=1S/C15H20N2O6S/c1-10(15(16)19)23-14(18)8-6-11-5-7-12(22-4)13(9-11)24(20,21)17(2)3/h5-10H,1-4H3,(H2,16,19)/b8-6+/t10-/m0/s1. The summed E-state index contributed by atoms with van der Waals surface area (Å²) in [6.45, 7) is 1.35. The minimum absolute atomic E-state index is 0.0315. The Morgan fingerprint density at radius 3 is 2.42 bits per heavy atom. The minimum atomic E-state index is -3.71. The van der Waals surface area contributed by atoms with Crippen molar-refractivity contribution >= 4 is 28.0 Å². The first-order valence-electron chi connectivity index (χ1n) is 6.88. The zero-order valence-corrected chi connectivity index (χ0v) is 14.7. The Hall–Kier alpha value is -2.39. The molecule has 0 aromatic heterocycles. The van der Waals surface area contributed by atoms with Crippen molar-refractivity contribution < 1.29 is 27.5 Å². The van der Waals surface area contributed by atoms with Gasteiger partial charge in [0, 0.05) is 20.2 Å². The Labute approximate surface area is 140 Å². The van der Waals surface area contributed by atoms with Crippen LogP contribution < -0.4 is 10.5 Å². The van der Waals surface area contributed by atoms with Gasteiger partial charge in [-0.3, -0.25) is 4.79 Å². The third-order valence-corrected chi connectivity index (χ3v) is 4.89. The van der Waals surface area contributed by atoms with Crippen LogP contribution in [0.5, 0.6) is 5.75 Å². The Bertz CT molecular complexity index is 755. The molecule has 0 aliphatic carbocycles. The van der Waals surface area contributed by atoms with Crippen molar-refractivity contribution in [2.45, 2.75) is 17.9 Å². The number of carbonyl (C=O) groups is 2. The Morgan fingerprint density at radius 2 is 1.92 bits per heavy atom. The van der Waals surface area contributed by atoms with Gasteiger partial charge in [0.25, 0.3) is 5.91 Å². The van der Waals surface area contributed by atoms with Crippen LogP contribution in [0.4, 0.5) is 0 Å². The molecule has 1 amide bonds. The predicted octanol–water partition coefficient (Wildman–Crippen LogP) is 0.376. The lowest BCUT2D eigenvalue weighted by molar-refractivity contribution is -0.148. The van der Waals surface area contributed by atoms with Crippen molar-refractivity contribution in [1.82, 2.24) is 4.31 Å². The predicted molar refractivity (Wildman–Crippen MR) is 87.6 cm³/mol. The fourth-order valence-corrected chi connectivity index (χ4v) is 2.72. The first-order chi connectivity index (χ1) is 11.1. The highest BCUT2D eigenvalue weighted by atomic mass is 32.2. The molecule has 0 saturated heterocycles. The molecule has 0 spiro atoms. The summed E-state index contributed by atoms with van der Waals surface area (Å²) >= 11 is 0. The molecule has 0 aliphatic heterocycles. The number of primary amides is 1. The molecule has 0 saturated carbocycles. The number of ether oxygens (including phenoxy) is 2. The molecule has 0 heterocycles. The molecular weight excluding hydrogens is 336 g/mol. The summed E-state index contributed by atoms with van der Waals surface area (Å²) in [7, 11) is 0.455. The van der Waals surface area contributed by atoms with Gasteiger partial charge in [-0.2, -0.15) is 0 Å². The average Bonchev–Trinajstić information content (AvgIpc) is 2.52. The van der Waals surface area contributed by atoms with Gasteiger partial charge < -0.3 is 15.2 Å². The second-order valence-electron chi connectivity index (χ2n) is 5.01. The van der Waals surface area contributed by atoms with E-state index >= 15 is 0 Å². The highest BCUT2D eigenvalue weighted by molar-refractivity contribution is 7.89. The Morgan fingerprint density at radius 1 is 1.29 bits per heavy atom. The fraction of sp³-hybridized carbons (Fsp3) is 0.333. The molecule has 0 bridgehead atoms. The maximum atomic E-state index is 12.3. The van der Waals surface area contributed by atoms with Crippen molar-refractivity contribution in [2.24, 2.45) is 5.73 Å². The summed E-state index contributed by atoms with van der Waals surface area (Å²) in [4.78, 5) is 22.4. The topological polar surface area (TPSA) is 116 Å². The number of rotatable bonds is 7. The minimum Gasteiger partial charge on any atom is -0.495 e. The van der Waals surface area contributed by atoms with Crippen LogP contribution in [0, 0.1) is 0 Å². The number of amides is 1. The van der Waals surface area contributed by atoms with Gasteiger partial charge in [-0.25, -0.2) is 17.5 Å². The second-order valence-corrected chi connectivity index (χ2v) is 7.13. The highest BCUT2D eigenvalue weighted by Crippen LogP contribution is 2.27. The molecule has 0 radical (unpaired) electrons. The van der Waals surface area contributed by atoms with Crippen LogP contribution in [0.2, 0.25) is 0 Å². The molecule has 24 heavy (non-hydrogen) atoms. The molecule has 0 unspecified atom stereocenters. The van der Waals surface area contributed by atoms with Gasteiger partial charge in [0.15, 0.2) is 6.10 Å². The summed E-state index contributed by atoms with van der Waals surface area (Å²) in [6.07, 6.45) is 1.39. The quantitative estimate of drug-likeness (QED) is 0.557. The number of carbonyl (C=O) groups excluding carboxylic acids is 2. The largest absolute Gasteiger partial charge is 0.495 e. The molecule has 1 rings (SSSR count). The van der Waals surface area contributed by atoms with Crippen LogP contribution in [-0.4, -0.2) is 51.9 Å². The molecule has 2 N–H and O–H groups in total. The van der Waals surface area contributed by atoms with Crippen LogP contribution in [0.1, 0.15) is 12.5 Å². The monoisotopic (exact) mass is 356 g/mol. The second kappa shape index (κ2) is 7.93. The van der Waals surface area contributed by atoms with E-state index in [-0.39, 0.29) is 10.6 Å². The van der Waals surface area contributed by atoms with Gasteiger partial charge in [-0.1, -0.05) is 6.07 Å². The van der Waals surface area contributed by atoms with E-state index in [2.05, 4.69) is 0 Å². The molecule has 1 aromatic carbocycles. The van der Waals surface area contributed by atoms with Crippen molar-refractivity contribution in [3.05, 3.63) is 29.8 Å². The Kier molecular flexibility index (Phi) is 6.50. The lowest BCUT2D eigenvalue weighted by Gasteiger charge is -2.15. The van der Waals surface area contributed by atoms with E-state index in [1.165, 1.54) is 46.3 Å². The number of sulfonamides is 1. The lowest BCUT2D eigenvalue weighted by Crippen LogP contribution is -2.29. The van der Waals surface area contributed by atoms with Crippen molar-refractivity contribution in [2.75, 3.05) is 21.2 Å². The van der Waals surface area contributed by atoms with E-state index in [1.807, 2.05) is 0 Å². The van der Waals surface area contributed by atoms with Crippen molar-refractivity contribution in [3.63, 3.8) is 0 Å². The number of nitrogens with two attached hydrogens (primary N) is 1. The van der Waals surface area contributed by atoms with Crippen LogP contribution in [0.25, 0.3) is 6.08 Å². The molecular formula is C15H20N2O6S. The maximum absolute atomic E-state index is 12.3. The van der Waals surface area contributed by atoms with Gasteiger partial charge in [-0.15, -0.1) is 0 Å². The summed E-state index contributed by atoms with van der Waals surface area (Å²) in [5, 5.41) is 0. The average molecular weight is 356 g/mol. The number of hydrogen-bond acceptors (Lipinski definition) is 6. The third kappa shape index (κ3) is 4.80. The van der Waals surface area contributed by atoms with E-state index in [0.29, 0.717) is 5.56 Å². The number of esters is 1. The molecule has 0 aliphatic rings. The van der Waals surface area contributed by atoms with Crippen LogP contribution >= 0.6 is 0 Å². The smallest absolute Gasteiger partial charge is 0.331 e. The number of methoxy groups -OCH3 is 1. The molecule has 132 valence electrons. The number of nitrogens with zero attached hydrogens (tertiary/aromatic N) is 1. The summed E-state index contributed by atoms with van der Waals surface area (Å²) in [5.41, 5.74) is 5.44. The first-order valence-corrected chi connectivity index (χ1v) is 8.32. The zero-order chi connectivity index (χ0) is 18.5. The SMILES string of the molecule is COc1ccc(/C=C/C(=O)O[C@@H](C)C(N)=O)cc1S(=O)(=O)N(C)C.